The number of alkyl halides is 6. The van der Waals surface area contributed by atoms with E-state index in [1.807, 2.05) is 0 Å². The van der Waals surface area contributed by atoms with Crippen LogP contribution in [0.4, 0.5) is 39.5 Å². The van der Waals surface area contributed by atoms with E-state index in [0.29, 0.717) is 17.2 Å². The fraction of sp³-hybridized carbons (Fsp3) is 0.312. The molecule has 0 fully saturated rings. The molecule has 0 amide bonds. The lowest BCUT2D eigenvalue weighted by molar-refractivity contribution is -0.121. The van der Waals surface area contributed by atoms with Crippen LogP contribution >= 0.6 is 0 Å². The van der Waals surface area contributed by atoms with Gasteiger partial charge in [-0.3, -0.25) is 19.3 Å². The van der Waals surface area contributed by atoms with E-state index in [9.17, 15) is 49.1 Å². The average molecular weight is 654 g/mol. The summed E-state index contributed by atoms with van der Waals surface area (Å²) in [5.74, 6) is -13.2. The van der Waals surface area contributed by atoms with Crippen LogP contribution in [-0.2, 0) is 29.6 Å². The highest BCUT2D eigenvalue weighted by molar-refractivity contribution is 5.95. The van der Waals surface area contributed by atoms with E-state index < -0.39 is 96.0 Å². The molecule has 14 heteroatoms. The molecule has 46 heavy (non-hydrogen) atoms. The third kappa shape index (κ3) is 6.56. The molecule has 0 spiro atoms. The molecule has 2 aromatic carbocycles. The summed E-state index contributed by atoms with van der Waals surface area (Å²) in [7, 11) is 0. The van der Waals surface area contributed by atoms with Gasteiger partial charge >= 0.3 is 0 Å². The number of benzene rings is 2. The molecule has 0 saturated heterocycles. The molecule has 2 aromatic heterocycles. The minimum absolute atomic E-state index is 0.0677. The van der Waals surface area contributed by atoms with Gasteiger partial charge in [0.25, 0.3) is 18.3 Å². The number of ketones is 2. The summed E-state index contributed by atoms with van der Waals surface area (Å²) in [4.78, 5) is 29.8. The molecular weight excluding hydrogens is 629 g/mol. The average Bonchev–Trinajstić information content (AvgIpc) is 3.37. The summed E-state index contributed by atoms with van der Waals surface area (Å²) in [6, 6.07) is 9.28. The number of fused-ring (bicyclic) bond motifs is 1. The zero-order chi connectivity index (χ0) is 33.6. The van der Waals surface area contributed by atoms with Gasteiger partial charge in [0.15, 0.2) is 11.6 Å². The van der Waals surface area contributed by atoms with Gasteiger partial charge in [0.1, 0.15) is 35.4 Å². The van der Waals surface area contributed by atoms with Crippen LogP contribution in [0, 0.1) is 17.5 Å². The van der Waals surface area contributed by atoms with Crippen molar-refractivity contribution in [2.45, 2.75) is 63.3 Å². The SMILES string of the molecule is CC(=O)c1cc(-c2cccnc2[C@@H](CC(=O)Cn2nc(C(F)F)c3c2C(F)(F)CCC3(F)F)Cc2cc(F)cc(F)c2)ccc1F. The van der Waals surface area contributed by atoms with E-state index in [-0.39, 0.29) is 27.9 Å². The highest BCUT2D eigenvalue weighted by Gasteiger charge is 2.55. The van der Waals surface area contributed by atoms with Crippen LogP contribution in [0.5, 0.6) is 0 Å². The van der Waals surface area contributed by atoms with Crippen LogP contribution in [0.2, 0.25) is 0 Å². The summed E-state index contributed by atoms with van der Waals surface area (Å²) < 4.78 is 129. The Hall–Kier alpha value is -4.49. The number of carbonyl (C=O) groups excluding carboxylic acids is 2. The fourth-order valence-corrected chi connectivity index (χ4v) is 5.77. The predicted octanol–water partition coefficient (Wildman–Crippen LogP) is 8.47. The summed E-state index contributed by atoms with van der Waals surface area (Å²) >= 11 is 0. The minimum atomic E-state index is -4.04. The van der Waals surface area contributed by atoms with Crippen molar-refractivity contribution >= 4 is 11.6 Å². The number of carbonyl (C=O) groups is 2. The Kier molecular flexibility index (Phi) is 8.84. The standard InChI is InChI=1S/C32H24F9N3O2/c1-16(45)24-13-18(4-5-25(24)35)23-3-2-8-42-27(23)19(9-17-10-20(33)14-21(34)11-17)12-22(46)15-44-29-26(28(43-44)30(36)37)31(38,39)6-7-32(29,40)41/h2-5,8,10-11,13-14,19,30H,6-7,9,12,15H2,1H3/t19-/m1/s1. The molecule has 1 aliphatic carbocycles. The van der Waals surface area contributed by atoms with Crippen LogP contribution in [-0.4, -0.2) is 26.3 Å². The first kappa shape index (κ1) is 32.9. The van der Waals surface area contributed by atoms with Crippen LogP contribution in [0.15, 0.2) is 54.7 Å². The molecule has 0 N–H and O–H groups in total. The first-order chi connectivity index (χ1) is 21.6. The molecule has 0 unspecified atom stereocenters. The molecule has 0 radical (unpaired) electrons. The van der Waals surface area contributed by atoms with Gasteiger partial charge < -0.3 is 0 Å². The van der Waals surface area contributed by atoms with Crippen LogP contribution in [0.1, 0.15) is 77.1 Å². The van der Waals surface area contributed by atoms with Gasteiger partial charge in [0.05, 0.1) is 16.8 Å². The number of halogens is 9. The van der Waals surface area contributed by atoms with Gasteiger partial charge in [-0.2, -0.15) is 13.9 Å². The first-order valence-corrected chi connectivity index (χ1v) is 13.9. The maximum atomic E-state index is 14.9. The molecule has 0 saturated carbocycles. The molecule has 1 atom stereocenters. The number of nitrogens with zero attached hydrogens (tertiary/aromatic N) is 3. The molecular formula is C32H24F9N3O2. The van der Waals surface area contributed by atoms with Crippen molar-refractivity contribution in [2.24, 2.45) is 0 Å². The van der Waals surface area contributed by atoms with E-state index in [2.05, 4.69) is 10.1 Å². The van der Waals surface area contributed by atoms with Crippen molar-refractivity contribution < 1.29 is 49.1 Å². The highest BCUT2D eigenvalue weighted by atomic mass is 19.3. The van der Waals surface area contributed by atoms with Gasteiger partial charge in [0.2, 0.25) is 0 Å². The van der Waals surface area contributed by atoms with Crippen molar-refractivity contribution in [1.82, 2.24) is 14.8 Å². The van der Waals surface area contributed by atoms with E-state index >= 15 is 0 Å². The van der Waals surface area contributed by atoms with Gasteiger partial charge in [-0.25, -0.2) is 30.7 Å². The van der Waals surface area contributed by atoms with Crippen LogP contribution < -0.4 is 0 Å². The molecule has 242 valence electrons. The maximum Gasteiger partial charge on any atom is 0.290 e. The van der Waals surface area contributed by atoms with Crippen molar-refractivity contribution in [3.8, 4) is 11.1 Å². The molecule has 0 aliphatic heterocycles. The molecule has 5 nitrogen and oxygen atoms in total. The first-order valence-electron chi connectivity index (χ1n) is 13.9. The van der Waals surface area contributed by atoms with Crippen molar-refractivity contribution in [2.75, 3.05) is 0 Å². The monoisotopic (exact) mass is 653 g/mol. The van der Waals surface area contributed by atoms with E-state index in [1.54, 1.807) is 0 Å². The number of Topliss-reactive ketones (excluding diaryl/α,β-unsaturated/α-hetero) is 2. The van der Waals surface area contributed by atoms with Crippen LogP contribution in [0.3, 0.4) is 0 Å². The van der Waals surface area contributed by atoms with E-state index in [0.717, 1.165) is 25.1 Å². The number of pyridine rings is 1. The van der Waals surface area contributed by atoms with Gasteiger partial charge in [0, 0.05) is 43.0 Å². The molecule has 1 aliphatic rings. The largest absolute Gasteiger partial charge is 0.298 e. The van der Waals surface area contributed by atoms with Gasteiger partial charge in [-0.15, -0.1) is 0 Å². The Labute approximate surface area is 256 Å². The fourth-order valence-electron chi connectivity index (χ4n) is 5.77. The van der Waals surface area contributed by atoms with Crippen molar-refractivity contribution in [1.29, 1.82) is 0 Å². The Morgan fingerprint density at radius 2 is 1.59 bits per heavy atom. The van der Waals surface area contributed by atoms with Crippen molar-refractivity contribution in [3.05, 3.63) is 106 Å². The second-order valence-corrected chi connectivity index (χ2v) is 11.1. The summed E-state index contributed by atoms with van der Waals surface area (Å²) in [5.41, 5.74) is -4.09. The Balaban J connectivity index is 1.57. The Morgan fingerprint density at radius 1 is 0.913 bits per heavy atom. The second kappa shape index (κ2) is 12.4. The number of aromatic nitrogens is 3. The highest BCUT2D eigenvalue weighted by Crippen LogP contribution is 2.52. The summed E-state index contributed by atoms with van der Waals surface area (Å²) in [5, 5.41) is 3.31. The Morgan fingerprint density at radius 3 is 2.24 bits per heavy atom. The minimum Gasteiger partial charge on any atom is -0.298 e. The third-order valence-corrected chi connectivity index (χ3v) is 7.74. The predicted molar refractivity (Wildman–Crippen MR) is 146 cm³/mol. The lowest BCUT2D eigenvalue weighted by atomic mass is 9.86. The molecule has 5 rings (SSSR count). The normalized spacial score (nSPS) is 15.9. The zero-order valence-corrected chi connectivity index (χ0v) is 23.9. The quantitative estimate of drug-likeness (QED) is 0.127. The molecule has 0 bridgehead atoms. The molecule has 2 heterocycles. The molecule has 4 aromatic rings. The lowest BCUT2D eigenvalue weighted by Crippen LogP contribution is -2.33. The zero-order valence-electron chi connectivity index (χ0n) is 23.9. The van der Waals surface area contributed by atoms with Crippen molar-refractivity contribution in [3.63, 3.8) is 0 Å². The summed E-state index contributed by atoms with van der Waals surface area (Å²) in [6.07, 6.45) is -5.90. The number of rotatable bonds is 10. The number of hydrogen-bond acceptors (Lipinski definition) is 4. The van der Waals surface area contributed by atoms with Gasteiger partial charge in [-0.1, -0.05) is 12.1 Å². The topological polar surface area (TPSA) is 64.8 Å². The van der Waals surface area contributed by atoms with Gasteiger partial charge in [-0.05, 0) is 54.8 Å². The smallest absolute Gasteiger partial charge is 0.290 e. The van der Waals surface area contributed by atoms with Crippen LogP contribution in [0.25, 0.3) is 11.1 Å². The van der Waals surface area contributed by atoms with E-state index in [4.69, 9.17) is 0 Å². The lowest BCUT2D eigenvalue weighted by Gasteiger charge is -2.29. The van der Waals surface area contributed by atoms with E-state index in [1.165, 1.54) is 30.5 Å². The summed E-state index contributed by atoms with van der Waals surface area (Å²) in [6.45, 7) is 0.0566. The Bertz CT molecular complexity index is 1800. The third-order valence-electron chi connectivity index (χ3n) is 7.74. The maximum absolute atomic E-state index is 14.9. The number of hydrogen-bond donors (Lipinski definition) is 0. The second-order valence-electron chi connectivity index (χ2n) is 11.1.